The van der Waals surface area contributed by atoms with Crippen molar-refractivity contribution in [1.82, 2.24) is 16.0 Å². The monoisotopic (exact) mass is 553 g/mol. The first-order valence-corrected chi connectivity index (χ1v) is 13.4. The van der Waals surface area contributed by atoms with Crippen LogP contribution in [-0.4, -0.2) is 47.3 Å². The number of halogens is 2. The second-order valence-electron chi connectivity index (χ2n) is 10.3. The van der Waals surface area contributed by atoms with Gasteiger partial charge >= 0.3 is 0 Å². The molecule has 3 rings (SSSR count). The van der Waals surface area contributed by atoms with E-state index in [2.05, 4.69) is 28.9 Å². The van der Waals surface area contributed by atoms with Gasteiger partial charge in [-0.05, 0) is 65.8 Å². The minimum Gasteiger partial charge on any atom is -0.507 e. The number of aliphatic hydroxyl groups is 1. The third-order valence-corrected chi connectivity index (χ3v) is 6.42. The highest BCUT2D eigenvalue weighted by Crippen LogP contribution is 2.19. The summed E-state index contributed by atoms with van der Waals surface area (Å²) < 4.78 is 27.7. The summed E-state index contributed by atoms with van der Waals surface area (Å²) in [6.07, 6.45) is -0.266. The van der Waals surface area contributed by atoms with Gasteiger partial charge in [-0.2, -0.15) is 0 Å². The van der Waals surface area contributed by atoms with Crippen molar-refractivity contribution in [2.45, 2.75) is 52.3 Å². The van der Waals surface area contributed by atoms with Crippen LogP contribution < -0.4 is 16.0 Å². The molecule has 40 heavy (non-hydrogen) atoms. The highest BCUT2D eigenvalue weighted by Gasteiger charge is 2.24. The fraction of sp³-hybridized carbons (Fsp3) is 0.355. The Morgan fingerprint density at radius 2 is 1.57 bits per heavy atom. The quantitative estimate of drug-likeness (QED) is 0.219. The third-order valence-electron chi connectivity index (χ3n) is 6.42. The zero-order valence-electron chi connectivity index (χ0n) is 23.0. The van der Waals surface area contributed by atoms with Crippen molar-refractivity contribution >= 4 is 11.8 Å². The Bertz CT molecular complexity index is 1300. The van der Waals surface area contributed by atoms with Gasteiger partial charge in [-0.1, -0.05) is 45.0 Å². The van der Waals surface area contributed by atoms with Crippen LogP contribution in [0.1, 0.15) is 58.2 Å². The van der Waals surface area contributed by atoms with Gasteiger partial charge in [0.05, 0.1) is 17.7 Å². The van der Waals surface area contributed by atoms with Crippen LogP contribution in [0.4, 0.5) is 8.78 Å². The van der Waals surface area contributed by atoms with E-state index in [9.17, 15) is 28.6 Å². The second-order valence-corrected chi connectivity index (χ2v) is 10.3. The van der Waals surface area contributed by atoms with Gasteiger partial charge in [0.25, 0.3) is 11.8 Å². The van der Waals surface area contributed by atoms with Crippen LogP contribution in [0.2, 0.25) is 0 Å². The summed E-state index contributed by atoms with van der Waals surface area (Å²) in [7, 11) is 0. The summed E-state index contributed by atoms with van der Waals surface area (Å²) in [5.74, 6) is -2.76. The summed E-state index contributed by atoms with van der Waals surface area (Å²) >= 11 is 0. The van der Waals surface area contributed by atoms with E-state index < -0.39 is 35.6 Å². The SMILES string of the molecule is CCc1cccc(CNC[C@@H](O)[C@H](Cc2cc(F)cc(F)c2)NC(=O)c2ccc(O)c(C(=O)NCC(C)C)c2)c1. The van der Waals surface area contributed by atoms with Gasteiger partial charge in [0, 0.05) is 31.3 Å². The Morgan fingerprint density at radius 1 is 0.875 bits per heavy atom. The lowest BCUT2D eigenvalue weighted by atomic mass is 9.99. The molecule has 5 N–H and O–H groups in total. The smallest absolute Gasteiger partial charge is 0.255 e. The van der Waals surface area contributed by atoms with Crippen molar-refractivity contribution < 1.29 is 28.6 Å². The van der Waals surface area contributed by atoms with Crippen molar-refractivity contribution in [3.05, 3.63) is 100 Å². The number of aromatic hydroxyl groups is 1. The number of hydrogen-bond donors (Lipinski definition) is 5. The van der Waals surface area contributed by atoms with E-state index in [-0.39, 0.29) is 41.3 Å². The lowest BCUT2D eigenvalue weighted by Gasteiger charge is -2.25. The number of aliphatic hydroxyl groups excluding tert-OH is 1. The van der Waals surface area contributed by atoms with E-state index in [1.807, 2.05) is 32.0 Å². The number of nitrogens with one attached hydrogen (secondary N) is 3. The predicted octanol–water partition coefficient (Wildman–Crippen LogP) is 4.11. The molecule has 3 aromatic carbocycles. The molecule has 2 amide bonds. The standard InChI is InChI=1S/C31H37F2N3O4/c1-4-20-6-5-7-21(10-20)17-34-18-29(38)27(13-22-11-24(32)15-25(33)12-22)36-30(39)23-8-9-28(37)26(14-23)31(40)35-16-19(2)3/h5-12,14-15,19,27,29,34,37-38H,4,13,16-18H2,1-3H3,(H,35,40)(H,36,39)/t27-,29+/m0/s1. The van der Waals surface area contributed by atoms with E-state index >= 15 is 0 Å². The number of hydrogen-bond acceptors (Lipinski definition) is 5. The molecule has 0 saturated carbocycles. The van der Waals surface area contributed by atoms with Crippen molar-refractivity contribution in [3.8, 4) is 5.75 Å². The summed E-state index contributed by atoms with van der Waals surface area (Å²) in [5, 5.41) is 29.8. The van der Waals surface area contributed by atoms with Crippen LogP contribution in [0.3, 0.4) is 0 Å². The van der Waals surface area contributed by atoms with E-state index in [4.69, 9.17) is 0 Å². The van der Waals surface area contributed by atoms with Gasteiger partial charge in [0.2, 0.25) is 0 Å². The molecule has 0 unspecified atom stereocenters. The van der Waals surface area contributed by atoms with Crippen LogP contribution in [0.5, 0.6) is 5.75 Å². The fourth-order valence-corrected chi connectivity index (χ4v) is 4.24. The van der Waals surface area contributed by atoms with Crippen molar-refractivity contribution in [2.24, 2.45) is 5.92 Å². The molecule has 7 nitrogen and oxygen atoms in total. The number of carbonyl (C=O) groups is 2. The average Bonchev–Trinajstić information content (AvgIpc) is 2.91. The Labute approximate surface area is 233 Å². The van der Waals surface area contributed by atoms with Gasteiger partial charge in [0.15, 0.2) is 0 Å². The van der Waals surface area contributed by atoms with Crippen molar-refractivity contribution in [1.29, 1.82) is 0 Å². The number of phenolic OH excluding ortho intramolecular Hbond substituents is 1. The first-order valence-electron chi connectivity index (χ1n) is 13.4. The number of benzene rings is 3. The normalized spacial score (nSPS) is 12.7. The molecule has 0 heterocycles. The molecule has 0 bridgehead atoms. The number of phenols is 1. The van der Waals surface area contributed by atoms with Gasteiger partial charge in [-0.25, -0.2) is 8.78 Å². The second kappa shape index (κ2) is 14.5. The van der Waals surface area contributed by atoms with E-state index in [1.165, 1.54) is 23.8 Å². The van der Waals surface area contributed by atoms with Crippen molar-refractivity contribution in [2.75, 3.05) is 13.1 Å². The molecule has 3 aromatic rings. The Hall–Kier alpha value is -3.82. The third kappa shape index (κ3) is 9.14. The molecular weight excluding hydrogens is 516 g/mol. The summed E-state index contributed by atoms with van der Waals surface area (Å²) in [6.45, 7) is 6.88. The maximum absolute atomic E-state index is 13.9. The maximum atomic E-state index is 13.9. The number of rotatable bonds is 13. The maximum Gasteiger partial charge on any atom is 0.255 e. The zero-order chi connectivity index (χ0) is 29.2. The minimum atomic E-state index is -1.12. The fourth-order valence-electron chi connectivity index (χ4n) is 4.24. The van der Waals surface area contributed by atoms with Gasteiger partial charge < -0.3 is 26.2 Å². The van der Waals surface area contributed by atoms with Gasteiger partial charge in [-0.15, -0.1) is 0 Å². The van der Waals surface area contributed by atoms with Crippen LogP contribution in [0.25, 0.3) is 0 Å². The average molecular weight is 554 g/mol. The lowest BCUT2D eigenvalue weighted by molar-refractivity contribution is 0.0829. The van der Waals surface area contributed by atoms with Crippen molar-refractivity contribution in [3.63, 3.8) is 0 Å². The molecule has 0 fully saturated rings. The zero-order valence-corrected chi connectivity index (χ0v) is 23.0. The summed E-state index contributed by atoms with van der Waals surface area (Å²) in [6, 6.07) is 14.0. The highest BCUT2D eigenvalue weighted by molar-refractivity contribution is 6.01. The molecule has 0 saturated heterocycles. The largest absolute Gasteiger partial charge is 0.507 e. The lowest BCUT2D eigenvalue weighted by Crippen LogP contribution is -2.48. The van der Waals surface area contributed by atoms with Crippen LogP contribution >= 0.6 is 0 Å². The van der Waals surface area contributed by atoms with E-state index in [0.29, 0.717) is 13.1 Å². The van der Waals surface area contributed by atoms with E-state index in [0.717, 1.165) is 30.2 Å². The Morgan fingerprint density at radius 3 is 2.25 bits per heavy atom. The van der Waals surface area contributed by atoms with Gasteiger partial charge in [-0.3, -0.25) is 9.59 Å². The molecule has 214 valence electrons. The molecule has 0 aliphatic rings. The van der Waals surface area contributed by atoms with E-state index in [1.54, 1.807) is 0 Å². The summed E-state index contributed by atoms with van der Waals surface area (Å²) in [4.78, 5) is 25.7. The highest BCUT2D eigenvalue weighted by atomic mass is 19.1. The number of carbonyl (C=O) groups excluding carboxylic acids is 2. The van der Waals surface area contributed by atoms with Gasteiger partial charge in [0.1, 0.15) is 17.4 Å². The molecule has 2 atom stereocenters. The van der Waals surface area contributed by atoms with Crippen LogP contribution in [0, 0.1) is 17.6 Å². The first kappa shape index (κ1) is 30.7. The van der Waals surface area contributed by atoms with Crippen LogP contribution in [-0.2, 0) is 19.4 Å². The topological polar surface area (TPSA) is 111 Å². The Kier molecular flexibility index (Phi) is 11.2. The van der Waals surface area contributed by atoms with Crippen LogP contribution in [0.15, 0.2) is 60.7 Å². The molecule has 0 spiro atoms. The molecular formula is C31H37F2N3O4. The molecule has 0 aromatic heterocycles. The molecule has 0 aliphatic heterocycles. The predicted molar refractivity (Wildman–Crippen MR) is 150 cm³/mol. The Balaban J connectivity index is 1.76. The molecule has 0 radical (unpaired) electrons. The molecule has 0 aliphatic carbocycles. The molecule has 9 heteroatoms. The first-order chi connectivity index (χ1) is 19.0. The number of aryl methyl sites for hydroxylation is 1. The minimum absolute atomic E-state index is 0.0472. The number of amides is 2. The summed E-state index contributed by atoms with van der Waals surface area (Å²) in [5.41, 5.74) is 2.50.